The van der Waals surface area contributed by atoms with Crippen LogP contribution in [0.15, 0.2) is 72.5 Å². The zero-order chi connectivity index (χ0) is 27.7. The van der Waals surface area contributed by atoms with E-state index in [2.05, 4.69) is 25.3 Å². The molecule has 0 saturated heterocycles. The normalized spacial score (nSPS) is 16.0. The minimum Gasteiger partial charge on any atom is -0.344 e. The highest BCUT2D eigenvalue weighted by atomic mass is 16.6. The molecule has 7 heteroatoms. The van der Waals surface area contributed by atoms with Crippen molar-refractivity contribution < 1.29 is 9.85 Å². The van der Waals surface area contributed by atoms with Gasteiger partial charge in [0.05, 0.1) is 21.1 Å². The first kappa shape index (κ1) is 27.8. The third-order valence-corrected chi connectivity index (χ3v) is 7.42. The first-order chi connectivity index (χ1) is 17.2. The molecule has 1 aliphatic heterocycles. The Bertz CT molecular complexity index is 1300. The number of hydrogen-bond donors (Lipinski definition) is 0. The first-order valence-electron chi connectivity index (χ1n) is 12.6. The van der Waals surface area contributed by atoms with E-state index in [0.717, 1.165) is 41.1 Å². The number of allylic oxidation sites excluding steroid dienone is 5. The molecule has 1 aliphatic rings. The van der Waals surface area contributed by atoms with Crippen molar-refractivity contribution in [3.63, 3.8) is 0 Å². The molecule has 0 atom stereocenters. The van der Waals surface area contributed by atoms with Gasteiger partial charge >= 0.3 is 0 Å². The lowest BCUT2D eigenvalue weighted by Gasteiger charge is -2.28. The van der Waals surface area contributed by atoms with Gasteiger partial charge in [0.1, 0.15) is 0 Å². The van der Waals surface area contributed by atoms with Gasteiger partial charge < -0.3 is 4.90 Å². The first-order valence-corrected chi connectivity index (χ1v) is 12.6. The molecule has 0 amide bonds. The Morgan fingerprint density at radius 1 is 1.08 bits per heavy atom. The zero-order valence-electron chi connectivity index (χ0n) is 22.9. The Balaban J connectivity index is 2.04. The summed E-state index contributed by atoms with van der Waals surface area (Å²) in [5.74, 6) is 0.480. The van der Waals surface area contributed by atoms with Crippen molar-refractivity contribution in [2.45, 2.75) is 65.7 Å². The third kappa shape index (κ3) is 5.22. The second kappa shape index (κ2) is 10.3. The van der Waals surface area contributed by atoms with Crippen LogP contribution in [0.3, 0.4) is 0 Å². The van der Waals surface area contributed by atoms with Crippen molar-refractivity contribution in [2.75, 3.05) is 11.4 Å². The Morgan fingerprint density at radius 2 is 1.68 bits per heavy atom. The molecule has 0 unspecified atom stereocenters. The van der Waals surface area contributed by atoms with Gasteiger partial charge in [0.2, 0.25) is 0 Å². The van der Waals surface area contributed by atoms with E-state index in [-0.39, 0.29) is 21.2 Å². The lowest BCUT2D eigenvalue weighted by molar-refractivity contribution is -0.386. The van der Waals surface area contributed by atoms with Crippen LogP contribution in [0.5, 0.6) is 0 Å². The quantitative estimate of drug-likeness (QED) is 0.197. The zero-order valence-corrected chi connectivity index (χ0v) is 22.9. The van der Waals surface area contributed by atoms with E-state index in [1.54, 1.807) is 18.2 Å². The van der Waals surface area contributed by atoms with Gasteiger partial charge in [-0.3, -0.25) is 20.2 Å². The molecule has 2 aromatic rings. The summed E-state index contributed by atoms with van der Waals surface area (Å²) in [7, 11) is 0. The van der Waals surface area contributed by atoms with E-state index in [4.69, 9.17) is 0 Å². The molecule has 1 heterocycles. The van der Waals surface area contributed by atoms with Crippen molar-refractivity contribution in [1.29, 1.82) is 0 Å². The summed E-state index contributed by atoms with van der Waals surface area (Å²) < 4.78 is 0. The third-order valence-electron chi connectivity index (χ3n) is 7.42. The predicted octanol–water partition coefficient (Wildman–Crippen LogP) is 7.93. The van der Waals surface area contributed by atoms with Crippen LogP contribution in [0.1, 0.15) is 64.7 Å². The van der Waals surface area contributed by atoms with E-state index in [0.29, 0.717) is 11.5 Å². The Morgan fingerprint density at radius 3 is 2.27 bits per heavy atom. The van der Waals surface area contributed by atoms with Gasteiger partial charge in [0.25, 0.3) is 11.4 Å². The molecule has 0 saturated carbocycles. The smallest absolute Gasteiger partial charge is 0.275 e. The fourth-order valence-corrected chi connectivity index (χ4v) is 5.31. The summed E-state index contributed by atoms with van der Waals surface area (Å²) in [6.07, 6.45) is 6.73. The van der Waals surface area contributed by atoms with Gasteiger partial charge in [-0.25, -0.2) is 0 Å². The summed E-state index contributed by atoms with van der Waals surface area (Å²) in [6, 6.07) is 10.4. The minimum atomic E-state index is -0.674. The lowest BCUT2D eigenvalue weighted by Crippen LogP contribution is -2.27. The van der Waals surface area contributed by atoms with Crippen molar-refractivity contribution >= 4 is 17.1 Å². The molecule has 0 radical (unpaired) electrons. The van der Waals surface area contributed by atoms with E-state index >= 15 is 0 Å². The molecule has 3 rings (SSSR count). The van der Waals surface area contributed by atoms with Gasteiger partial charge in [-0.1, -0.05) is 64.6 Å². The summed E-state index contributed by atoms with van der Waals surface area (Å²) in [5.41, 5.74) is 3.73. The van der Waals surface area contributed by atoms with Crippen molar-refractivity contribution in [2.24, 2.45) is 5.92 Å². The standard InChI is InChI=1S/C30H37N3O4/c1-20(2)18-19-31-23-14-11-16-25(33(36)37)28(23)30(7,8)26(31)17-10-13-22(4)29(5,6)27-21(3)12-9-15-24(27)32(34)35/h9-17,20H,4,18-19H2,1-3,5-8H3/b13-10+,26-17+. The molecule has 7 nitrogen and oxygen atoms in total. The molecular weight excluding hydrogens is 466 g/mol. The van der Waals surface area contributed by atoms with Crippen LogP contribution in [0, 0.1) is 33.1 Å². The van der Waals surface area contributed by atoms with Crippen LogP contribution in [0.25, 0.3) is 0 Å². The SMILES string of the molecule is C=C(/C=C/C=C1/N(CCC(C)C)c2cccc([N+](=O)[O-])c2C1(C)C)C(C)(C)c1c(C)cccc1[N+](=O)[O-]. The van der Waals surface area contributed by atoms with Crippen molar-refractivity contribution in [3.8, 4) is 0 Å². The molecule has 2 aromatic carbocycles. The van der Waals surface area contributed by atoms with Crippen LogP contribution in [-0.4, -0.2) is 16.4 Å². The molecule has 0 bridgehead atoms. The van der Waals surface area contributed by atoms with E-state index in [1.807, 2.05) is 65.0 Å². The van der Waals surface area contributed by atoms with E-state index in [1.165, 1.54) is 6.07 Å². The molecular formula is C30H37N3O4. The molecule has 0 N–H and O–H groups in total. The number of hydrogen-bond acceptors (Lipinski definition) is 5. The number of rotatable bonds is 9. The molecule has 196 valence electrons. The number of nitro groups is 2. The number of anilines is 1. The summed E-state index contributed by atoms with van der Waals surface area (Å²) in [5, 5.41) is 23.6. The number of aryl methyl sites for hydroxylation is 1. The number of nitro benzene ring substituents is 2. The molecule has 0 spiro atoms. The second-order valence-electron chi connectivity index (χ2n) is 11.2. The maximum absolute atomic E-state index is 11.9. The van der Waals surface area contributed by atoms with E-state index in [9.17, 15) is 20.2 Å². The van der Waals surface area contributed by atoms with Gasteiger partial charge in [-0.2, -0.15) is 0 Å². The summed E-state index contributed by atoms with van der Waals surface area (Å²) in [4.78, 5) is 25.1. The number of nitrogens with zero attached hydrogens (tertiary/aromatic N) is 3. The topological polar surface area (TPSA) is 89.5 Å². The molecule has 37 heavy (non-hydrogen) atoms. The van der Waals surface area contributed by atoms with Crippen LogP contribution >= 0.6 is 0 Å². The van der Waals surface area contributed by atoms with Crippen LogP contribution < -0.4 is 4.90 Å². The maximum atomic E-state index is 11.9. The van der Waals surface area contributed by atoms with Crippen molar-refractivity contribution in [3.05, 3.63) is 109 Å². The lowest BCUT2D eigenvalue weighted by atomic mass is 9.75. The summed E-state index contributed by atoms with van der Waals surface area (Å²) >= 11 is 0. The second-order valence-corrected chi connectivity index (χ2v) is 11.2. The molecule has 0 fully saturated rings. The average molecular weight is 504 g/mol. The van der Waals surface area contributed by atoms with Crippen LogP contribution in [0.4, 0.5) is 17.1 Å². The predicted molar refractivity (Wildman–Crippen MR) is 150 cm³/mol. The average Bonchev–Trinajstić information content (AvgIpc) is 3.03. The Kier molecular flexibility index (Phi) is 7.77. The number of fused-ring (bicyclic) bond motifs is 1. The van der Waals surface area contributed by atoms with Gasteiger partial charge in [0, 0.05) is 40.8 Å². The fraction of sp³-hybridized carbons (Fsp3) is 0.400. The largest absolute Gasteiger partial charge is 0.344 e. The van der Waals surface area contributed by atoms with Gasteiger partial charge in [-0.05, 0) is 56.4 Å². The highest BCUT2D eigenvalue weighted by Crippen LogP contribution is 2.51. The number of benzene rings is 2. The maximum Gasteiger partial charge on any atom is 0.275 e. The van der Waals surface area contributed by atoms with Crippen LogP contribution in [0.2, 0.25) is 0 Å². The highest BCUT2D eigenvalue weighted by molar-refractivity contribution is 5.76. The molecule has 0 aliphatic carbocycles. The Hall–Kier alpha value is -3.74. The molecule has 0 aromatic heterocycles. The van der Waals surface area contributed by atoms with Gasteiger partial charge in [0.15, 0.2) is 0 Å². The van der Waals surface area contributed by atoms with Gasteiger partial charge in [-0.15, -0.1) is 0 Å². The van der Waals surface area contributed by atoms with Crippen molar-refractivity contribution in [1.82, 2.24) is 0 Å². The fourth-order valence-electron chi connectivity index (χ4n) is 5.31. The van der Waals surface area contributed by atoms with E-state index < -0.39 is 10.8 Å². The monoisotopic (exact) mass is 503 g/mol. The van der Waals surface area contributed by atoms with Crippen LogP contribution in [-0.2, 0) is 10.8 Å². The summed E-state index contributed by atoms with van der Waals surface area (Å²) in [6.45, 7) is 19.1. The minimum absolute atomic E-state index is 0.0810. The highest BCUT2D eigenvalue weighted by Gasteiger charge is 2.44. The Labute approximate surface area is 219 Å².